The third-order valence-electron chi connectivity index (χ3n) is 5.64. The molecule has 2 fully saturated rings. The Labute approximate surface area is 181 Å². The number of pyridine rings is 1. The summed E-state index contributed by atoms with van der Waals surface area (Å²) in [6.07, 6.45) is 3.27. The molecule has 170 valence electrons. The lowest BCUT2D eigenvalue weighted by Crippen LogP contribution is -2.39. The number of amides is 3. The van der Waals surface area contributed by atoms with E-state index in [1.165, 1.54) is 17.3 Å². The normalized spacial score (nSPS) is 23.2. The molecule has 1 spiro atoms. The van der Waals surface area contributed by atoms with E-state index in [0.717, 1.165) is 29.2 Å². The standard InChI is InChI=1S/C20H18F3N3O5S/c1-3-31-16-11-24-9-8-15(16)26-18(28)25(17(27)19(26)10-12(19)2)13-4-6-14(7-5-13)32(29,30)20(21,22)23/h4-9,11-12H,3,10H2,1-2H3. The zero-order valence-corrected chi connectivity index (χ0v) is 17.8. The maximum absolute atomic E-state index is 13.4. The molecule has 1 aromatic heterocycles. The van der Waals surface area contributed by atoms with Gasteiger partial charge in [0.05, 0.1) is 29.1 Å². The highest BCUT2D eigenvalue weighted by Crippen LogP contribution is 2.56. The van der Waals surface area contributed by atoms with Gasteiger partial charge in [0.15, 0.2) is 5.75 Å². The van der Waals surface area contributed by atoms with Crippen LogP contribution in [0.3, 0.4) is 0 Å². The summed E-state index contributed by atoms with van der Waals surface area (Å²) in [7, 11) is -5.55. The van der Waals surface area contributed by atoms with E-state index in [9.17, 15) is 31.2 Å². The molecule has 1 aliphatic carbocycles. The van der Waals surface area contributed by atoms with E-state index >= 15 is 0 Å². The zero-order valence-electron chi connectivity index (χ0n) is 17.0. The van der Waals surface area contributed by atoms with Gasteiger partial charge in [-0.15, -0.1) is 0 Å². The van der Waals surface area contributed by atoms with Crippen molar-refractivity contribution >= 4 is 33.2 Å². The average Bonchev–Trinajstić information content (AvgIpc) is 3.34. The molecule has 1 saturated carbocycles. The molecule has 2 atom stereocenters. The third kappa shape index (κ3) is 3.04. The minimum Gasteiger partial charge on any atom is -0.490 e. The lowest BCUT2D eigenvalue weighted by Gasteiger charge is -2.24. The third-order valence-corrected chi connectivity index (χ3v) is 7.14. The van der Waals surface area contributed by atoms with Gasteiger partial charge in [-0.1, -0.05) is 6.92 Å². The number of rotatable bonds is 5. The molecule has 0 radical (unpaired) electrons. The fraction of sp³-hybridized carbons (Fsp3) is 0.350. The Kier molecular flexibility index (Phi) is 4.96. The molecule has 32 heavy (non-hydrogen) atoms. The molecule has 1 aliphatic heterocycles. The molecule has 3 amide bonds. The summed E-state index contributed by atoms with van der Waals surface area (Å²) in [5.74, 6) is -0.403. The second-order valence-electron chi connectivity index (χ2n) is 7.51. The van der Waals surface area contributed by atoms with Crippen LogP contribution in [0.2, 0.25) is 0 Å². The minimum absolute atomic E-state index is 0.0332. The fourth-order valence-corrected chi connectivity index (χ4v) is 4.70. The molecule has 0 N–H and O–H groups in total. The molecule has 2 unspecified atom stereocenters. The second kappa shape index (κ2) is 7.19. The van der Waals surface area contributed by atoms with Crippen molar-refractivity contribution in [1.82, 2.24) is 4.98 Å². The van der Waals surface area contributed by atoms with E-state index < -0.39 is 37.7 Å². The number of imide groups is 1. The van der Waals surface area contributed by atoms with Crippen molar-refractivity contribution in [2.75, 3.05) is 16.4 Å². The molecule has 2 aromatic rings. The first-order chi connectivity index (χ1) is 15.0. The van der Waals surface area contributed by atoms with Crippen LogP contribution in [-0.2, 0) is 14.6 Å². The van der Waals surface area contributed by atoms with Crippen LogP contribution < -0.4 is 14.5 Å². The molecule has 12 heteroatoms. The zero-order chi connectivity index (χ0) is 23.5. The smallest absolute Gasteiger partial charge is 0.490 e. The predicted molar refractivity (Wildman–Crippen MR) is 107 cm³/mol. The fourth-order valence-electron chi connectivity index (χ4n) is 3.94. The van der Waals surface area contributed by atoms with E-state index in [-0.39, 0.29) is 11.6 Å². The van der Waals surface area contributed by atoms with Gasteiger partial charge in [0.1, 0.15) is 5.54 Å². The van der Waals surface area contributed by atoms with Crippen molar-refractivity contribution in [2.45, 2.75) is 36.2 Å². The van der Waals surface area contributed by atoms with Crippen molar-refractivity contribution in [3.05, 3.63) is 42.7 Å². The SMILES string of the molecule is CCOc1cnccc1N1C(=O)N(c2ccc(S(=O)(=O)C(F)(F)F)cc2)C(=O)C12CC2C. The summed E-state index contributed by atoms with van der Waals surface area (Å²) in [4.78, 5) is 31.9. The molecule has 4 rings (SSSR count). The lowest BCUT2D eigenvalue weighted by molar-refractivity contribution is -0.119. The number of benzene rings is 1. The number of sulfone groups is 1. The first-order valence-corrected chi connectivity index (χ1v) is 11.1. The van der Waals surface area contributed by atoms with Crippen LogP contribution in [0.5, 0.6) is 5.75 Å². The largest absolute Gasteiger partial charge is 0.501 e. The molecule has 8 nitrogen and oxygen atoms in total. The number of ether oxygens (including phenoxy) is 1. The Balaban J connectivity index is 1.75. The highest BCUT2D eigenvalue weighted by molar-refractivity contribution is 7.92. The highest BCUT2D eigenvalue weighted by Gasteiger charge is 2.71. The molecule has 1 saturated heterocycles. The van der Waals surface area contributed by atoms with Crippen LogP contribution >= 0.6 is 0 Å². The van der Waals surface area contributed by atoms with E-state index in [4.69, 9.17) is 4.74 Å². The van der Waals surface area contributed by atoms with Crippen LogP contribution in [0.15, 0.2) is 47.6 Å². The molecule has 2 heterocycles. The number of aromatic nitrogens is 1. The Bertz CT molecular complexity index is 1200. The van der Waals surface area contributed by atoms with Gasteiger partial charge >= 0.3 is 11.5 Å². The summed E-state index contributed by atoms with van der Waals surface area (Å²) in [5.41, 5.74) is -6.30. The van der Waals surface area contributed by atoms with Gasteiger partial charge in [0.25, 0.3) is 15.7 Å². The van der Waals surface area contributed by atoms with Gasteiger partial charge in [-0.2, -0.15) is 13.2 Å². The Hall–Kier alpha value is -3.15. The number of nitrogens with zero attached hydrogens (tertiary/aromatic N) is 3. The highest BCUT2D eigenvalue weighted by atomic mass is 32.2. The monoisotopic (exact) mass is 469 g/mol. The summed E-state index contributed by atoms with van der Waals surface area (Å²) in [6.45, 7) is 3.87. The molecule has 0 bridgehead atoms. The number of carbonyl (C=O) groups is 2. The summed E-state index contributed by atoms with van der Waals surface area (Å²) >= 11 is 0. The lowest BCUT2D eigenvalue weighted by atomic mass is 10.1. The van der Waals surface area contributed by atoms with Gasteiger partial charge in [-0.3, -0.25) is 14.7 Å². The van der Waals surface area contributed by atoms with E-state index in [0.29, 0.717) is 24.5 Å². The van der Waals surface area contributed by atoms with E-state index in [1.807, 2.05) is 6.92 Å². The Morgan fingerprint density at radius 2 is 1.81 bits per heavy atom. The Morgan fingerprint density at radius 3 is 2.34 bits per heavy atom. The first kappa shape index (κ1) is 22.1. The van der Waals surface area contributed by atoms with Crippen molar-refractivity contribution in [3.8, 4) is 5.75 Å². The van der Waals surface area contributed by atoms with Crippen LogP contribution in [0.1, 0.15) is 20.3 Å². The molecular weight excluding hydrogens is 451 g/mol. The molecular formula is C20H18F3N3O5S. The van der Waals surface area contributed by atoms with Crippen molar-refractivity contribution in [2.24, 2.45) is 5.92 Å². The average molecular weight is 469 g/mol. The van der Waals surface area contributed by atoms with E-state index in [2.05, 4.69) is 4.98 Å². The van der Waals surface area contributed by atoms with Crippen molar-refractivity contribution in [1.29, 1.82) is 0 Å². The van der Waals surface area contributed by atoms with Crippen LogP contribution in [0.4, 0.5) is 29.3 Å². The maximum atomic E-state index is 13.4. The Morgan fingerprint density at radius 1 is 1.19 bits per heavy atom. The molecule has 2 aliphatic rings. The summed E-state index contributed by atoms with van der Waals surface area (Å²) < 4.78 is 67.2. The van der Waals surface area contributed by atoms with Gasteiger partial charge in [-0.25, -0.2) is 18.1 Å². The van der Waals surface area contributed by atoms with Crippen molar-refractivity contribution < 1.29 is 35.9 Å². The van der Waals surface area contributed by atoms with Crippen LogP contribution in [0, 0.1) is 5.92 Å². The van der Waals surface area contributed by atoms with Gasteiger partial charge < -0.3 is 4.74 Å². The minimum atomic E-state index is -5.55. The number of hydrogen-bond donors (Lipinski definition) is 0. The summed E-state index contributed by atoms with van der Waals surface area (Å²) in [5, 5.41) is 0. The quantitative estimate of drug-likeness (QED) is 0.622. The predicted octanol–water partition coefficient (Wildman–Crippen LogP) is 3.53. The van der Waals surface area contributed by atoms with E-state index in [1.54, 1.807) is 13.0 Å². The van der Waals surface area contributed by atoms with Crippen LogP contribution in [0.25, 0.3) is 0 Å². The molecule has 1 aromatic carbocycles. The number of carbonyl (C=O) groups excluding carboxylic acids is 2. The second-order valence-corrected chi connectivity index (χ2v) is 9.45. The number of alkyl halides is 3. The van der Waals surface area contributed by atoms with Gasteiger partial charge in [0.2, 0.25) is 0 Å². The van der Waals surface area contributed by atoms with Crippen molar-refractivity contribution in [3.63, 3.8) is 0 Å². The maximum Gasteiger partial charge on any atom is 0.501 e. The first-order valence-electron chi connectivity index (χ1n) is 9.63. The van der Waals surface area contributed by atoms with Gasteiger partial charge in [0, 0.05) is 6.20 Å². The topological polar surface area (TPSA) is 96.9 Å². The summed E-state index contributed by atoms with van der Waals surface area (Å²) in [6, 6.07) is 4.30. The van der Waals surface area contributed by atoms with Gasteiger partial charge in [-0.05, 0) is 49.6 Å². The number of anilines is 2. The number of halogens is 3. The number of hydrogen-bond acceptors (Lipinski definition) is 6. The number of urea groups is 1. The van der Waals surface area contributed by atoms with Crippen LogP contribution in [-0.4, -0.2) is 43.0 Å².